The zero-order chi connectivity index (χ0) is 20.1. The first-order valence-corrected chi connectivity index (χ1v) is 9.47. The first-order chi connectivity index (χ1) is 14.0. The van der Waals surface area contributed by atoms with Gasteiger partial charge >= 0.3 is 0 Å². The number of benzene rings is 3. The topological polar surface area (TPSA) is 63.4 Å². The summed E-state index contributed by atoms with van der Waals surface area (Å²) in [5.74, 6) is -0.139. The van der Waals surface area contributed by atoms with Crippen molar-refractivity contribution in [3.05, 3.63) is 89.0 Å². The van der Waals surface area contributed by atoms with Crippen LogP contribution in [0.3, 0.4) is 0 Å². The van der Waals surface area contributed by atoms with Gasteiger partial charge in [-0.3, -0.25) is 14.5 Å². The summed E-state index contributed by atoms with van der Waals surface area (Å²) in [6, 6.07) is 20.1. The van der Waals surface area contributed by atoms with E-state index in [9.17, 15) is 9.59 Å². The fraction of sp³-hybridized carbons (Fsp3) is 0.125. The van der Waals surface area contributed by atoms with Crippen LogP contribution in [0.1, 0.15) is 44.8 Å². The third-order valence-electron chi connectivity index (χ3n) is 5.38. The van der Waals surface area contributed by atoms with Gasteiger partial charge in [0, 0.05) is 5.56 Å². The van der Waals surface area contributed by atoms with Gasteiger partial charge in [-0.2, -0.15) is 0 Å². The standard InChI is InChI=1S/C24H18N2O3/c1-14-8-11-21-20(12-14)25-22(29-21)17-9-10-18-19(13-17)24(28)26(23(18)27)15(2)16-6-4-3-5-7-16/h3-13,15H,1-2H3. The van der Waals surface area contributed by atoms with Gasteiger partial charge in [0.05, 0.1) is 17.2 Å². The predicted molar refractivity (Wildman–Crippen MR) is 110 cm³/mol. The molecule has 142 valence electrons. The van der Waals surface area contributed by atoms with Gasteiger partial charge in [0.2, 0.25) is 5.89 Å². The summed E-state index contributed by atoms with van der Waals surface area (Å²) < 4.78 is 5.85. The smallest absolute Gasteiger partial charge is 0.262 e. The fourth-order valence-electron chi connectivity index (χ4n) is 3.79. The number of carbonyl (C=O) groups is 2. The highest BCUT2D eigenvalue weighted by atomic mass is 16.3. The van der Waals surface area contributed by atoms with Crippen molar-refractivity contribution in [3.8, 4) is 11.5 Å². The molecule has 5 rings (SSSR count). The molecule has 5 nitrogen and oxygen atoms in total. The number of carbonyl (C=O) groups excluding carboxylic acids is 2. The molecule has 0 spiro atoms. The maximum absolute atomic E-state index is 13.1. The molecule has 1 aliphatic heterocycles. The molecule has 0 saturated heterocycles. The van der Waals surface area contributed by atoms with Crippen molar-refractivity contribution in [2.24, 2.45) is 0 Å². The van der Waals surface area contributed by atoms with Crippen LogP contribution < -0.4 is 0 Å². The lowest BCUT2D eigenvalue weighted by Gasteiger charge is -2.22. The van der Waals surface area contributed by atoms with Crippen LogP contribution in [0.25, 0.3) is 22.6 Å². The molecular weight excluding hydrogens is 364 g/mol. The summed E-state index contributed by atoms with van der Waals surface area (Å²) in [4.78, 5) is 31.8. The Morgan fingerprint density at radius 3 is 2.45 bits per heavy atom. The molecule has 4 aromatic rings. The second kappa shape index (κ2) is 6.41. The van der Waals surface area contributed by atoms with Gasteiger partial charge in [0.1, 0.15) is 5.52 Å². The SMILES string of the molecule is Cc1ccc2oc(-c3ccc4c(c3)C(=O)N(C(C)c3ccccc3)C4=O)nc2c1. The molecule has 1 aliphatic rings. The highest BCUT2D eigenvalue weighted by molar-refractivity contribution is 6.22. The zero-order valence-electron chi connectivity index (χ0n) is 16.0. The molecular formula is C24H18N2O3. The summed E-state index contributed by atoms with van der Waals surface area (Å²) >= 11 is 0. The molecule has 0 bridgehead atoms. The van der Waals surface area contributed by atoms with Gasteiger partial charge in [0.25, 0.3) is 11.8 Å². The van der Waals surface area contributed by atoms with E-state index in [2.05, 4.69) is 4.98 Å². The summed E-state index contributed by atoms with van der Waals surface area (Å²) in [6.45, 7) is 3.86. The molecule has 0 radical (unpaired) electrons. The molecule has 5 heteroatoms. The van der Waals surface area contributed by atoms with Crippen molar-refractivity contribution in [3.63, 3.8) is 0 Å². The van der Waals surface area contributed by atoms with E-state index in [1.165, 1.54) is 4.90 Å². The van der Waals surface area contributed by atoms with Crippen molar-refractivity contribution in [2.45, 2.75) is 19.9 Å². The van der Waals surface area contributed by atoms with Gasteiger partial charge in [-0.05, 0) is 55.3 Å². The van der Waals surface area contributed by atoms with E-state index in [1.807, 2.05) is 62.4 Å². The highest BCUT2D eigenvalue weighted by Crippen LogP contribution is 2.34. The Morgan fingerprint density at radius 1 is 0.897 bits per heavy atom. The number of aromatic nitrogens is 1. The second-order valence-electron chi connectivity index (χ2n) is 7.32. The minimum Gasteiger partial charge on any atom is -0.436 e. The third kappa shape index (κ3) is 2.74. The maximum atomic E-state index is 13.1. The average molecular weight is 382 g/mol. The number of fused-ring (bicyclic) bond motifs is 2. The number of oxazole rings is 1. The Morgan fingerprint density at radius 2 is 1.66 bits per heavy atom. The highest BCUT2D eigenvalue weighted by Gasteiger charge is 2.39. The first-order valence-electron chi connectivity index (χ1n) is 9.47. The minimum absolute atomic E-state index is 0.277. The first kappa shape index (κ1) is 17.4. The monoisotopic (exact) mass is 382 g/mol. The van der Waals surface area contributed by atoms with E-state index in [4.69, 9.17) is 4.42 Å². The van der Waals surface area contributed by atoms with E-state index < -0.39 is 0 Å². The summed E-state index contributed by atoms with van der Waals surface area (Å²) in [5, 5.41) is 0. The van der Waals surface area contributed by atoms with Crippen LogP contribution in [0.4, 0.5) is 0 Å². The van der Waals surface area contributed by atoms with Crippen LogP contribution in [0.5, 0.6) is 0 Å². The number of imide groups is 1. The largest absolute Gasteiger partial charge is 0.436 e. The van der Waals surface area contributed by atoms with Gasteiger partial charge < -0.3 is 4.42 Å². The maximum Gasteiger partial charge on any atom is 0.262 e. The van der Waals surface area contributed by atoms with Gasteiger partial charge in [0.15, 0.2) is 5.58 Å². The predicted octanol–water partition coefficient (Wildman–Crippen LogP) is 5.16. The Hall–Kier alpha value is -3.73. The lowest BCUT2D eigenvalue weighted by atomic mass is 10.1. The minimum atomic E-state index is -0.348. The van der Waals surface area contributed by atoms with Crippen LogP contribution >= 0.6 is 0 Å². The molecule has 3 aromatic carbocycles. The summed E-state index contributed by atoms with van der Waals surface area (Å²) in [5.41, 5.74) is 4.93. The Kier molecular flexibility index (Phi) is 3.84. The average Bonchev–Trinajstić information content (AvgIpc) is 3.26. The van der Waals surface area contributed by atoms with E-state index in [-0.39, 0.29) is 17.9 Å². The van der Waals surface area contributed by atoms with E-state index >= 15 is 0 Å². The molecule has 0 aliphatic carbocycles. The number of hydrogen-bond acceptors (Lipinski definition) is 4. The lowest BCUT2D eigenvalue weighted by Crippen LogP contribution is -2.32. The fourth-order valence-corrected chi connectivity index (χ4v) is 3.79. The van der Waals surface area contributed by atoms with E-state index in [1.54, 1.807) is 18.2 Å². The van der Waals surface area contributed by atoms with Gasteiger partial charge in [-0.15, -0.1) is 0 Å². The van der Waals surface area contributed by atoms with Crippen molar-refractivity contribution in [2.75, 3.05) is 0 Å². The zero-order valence-corrected chi connectivity index (χ0v) is 16.0. The molecule has 0 saturated carbocycles. The molecule has 29 heavy (non-hydrogen) atoms. The number of amides is 2. The Bertz CT molecular complexity index is 1270. The van der Waals surface area contributed by atoms with Crippen molar-refractivity contribution < 1.29 is 14.0 Å². The Balaban J connectivity index is 1.54. The summed E-state index contributed by atoms with van der Waals surface area (Å²) in [6.07, 6.45) is 0. The van der Waals surface area contributed by atoms with E-state index in [0.29, 0.717) is 28.2 Å². The molecule has 0 N–H and O–H groups in total. The van der Waals surface area contributed by atoms with Crippen molar-refractivity contribution in [1.82, 2.24) is 9.88 Å². The molecule has 1 aromatic heterocycles. The third-order valence-corrected chi connectivity index (χ3v) is 5.38. The summed E-state index contributed by atoms with van der Waals surface area (Å²) in [7, 11) is 0. The van der Waals surface area contributed by atoms with E-state index in [0.717, 1.165) is 16.6 Å². The van der Waals surface area contributed by atoms with Crippen molar-refractivity contribution >= 4 is 22.9 Å². The molecule has 1 atom stereocenters. The van der Waals surface area contributed by atoms with Crippen LogP contribution in [-0.4, -0.2) is 21.7 Å². The van der Waals surface area contributed by atoms with Crippen molar-refractivity contribution in [1.29, 1.82) is 0 Å². The molecule has 1 unspecified atom stereocenters. The molecule has 2 amide bonds. The molecule has 2 heterocycles. The van der Waals surface area contributed by atoms with Gasteiger partial charge in [-0.25, -0.2) is 4.98 Å². The number of aryl methyl sites for hydroxylation is 1. The van der Waals surface area contributed by atoms with Crippen LogP contribution in [0.2, 0.25) is 0 Å². The normalized spacial score (nSPS) is 14.5. The Labute approximate surface area is 167 Å². The lowest BCUT2D eigenvalue weighted by molar-refractivity contribution is 0.0595. The van der Waals surface area contributed by atoms with Crippen LogP contribution in [0.15, 0.2) is 71.1 Å². The molecule has 0 fully saturated rings. The van der Waals surface area contributed by atoms with Crippen LogP contribution in [0, 0.1) is 6.92 Å². The number of rotatable bonds is 3. The number of hydrogen-bond donors (Lipinski definition) is 0. The van der Waals surface area contributed by atoms with Gasteiger partial charge in [-0.1, -0.05) is 36.4 Å². The quantitative estimate of drug-likeness (QED) is 0.459. The number of nitrogens with zero attached hydrogens (tertiary/aromatic N) is 2. The van der Waals surface area contributed by atoms with Crippen LogP contribution in [-0.2, 0) is 0 Å². The second-order valence-corrected chi connectivity index (χ2v) is 7.32.